The predicted molar refractivity (Wildman–Crippen MR) is 205 cm³/mol. The molecule has 0 radical (unpaired) electrons. The maximum Gasteiger partial charge on any atom is 0.404 e. The van der Waals surface area contributed by atoms with Crippen molar-refractivity contribution in [1.82, 2.24) is 0 Å². The Morgan fingerprint density at radius 2 is 1.76 bits per heavy atom. The molecule has 3 aliphatic heterocycles. The van der Waals surface area contributed by atoms with Gasteiger partial charge < -0.3 is 44.4 Å². The topological polar surface area (TPSA) is 173 Å². The van der Waals surface area contributed by atoms with Crippen LogP contribution in [0.15, 0.2) is 35.5 Å². The molecule has 1 saturated heterocycles. The van der Waals surface area contributed by atoms with Gasteiger partial charge in [-0.1, -0.05) is 65.8 Å². The molecule has 0 saturated carbocycles. The van der Waals surface area contributed by atoms with Crippen LogP contribution < -0.4 is 5.73 Å². The van der Waals surface area contributed by atoms with E-state index < -0.39 is 60.6 Å². The lowest BCUT2D eigenvalue weighted by Crippen LogP contribution is -2.50. The van der Waals surface area contributed by atoms with Crippen LogP contribution in [-0.4, -0.2) is 90.0 Å². The van der Waals surface area contributed by atoms with Crippen molar-refractivity contribution in [3.63, 3.8) is 0 Å². The number of esters is 1. The Morgan fingerprint density at radius 1 is 1.07 bits per heavy atom. The number of aliphatic hydroxyl groups excluding tert-OH is 2. The Hall–Kier alpha value is -2.61. The van der Waals surface area contributed by atoms with Crippen molar-refractivity contribution in [2.45, 2.75) is 175 Å². The van der Waals surface area contributed by atoms with Crippen LogP contribution >= 0.6 is 0 Å². The Kier molecular flexibility index (Phi) is 17.9. The number of allylic oxidation sites excluding steroid dienone is 2. The first kappa shape index (κ1) is 45.8. The van der Waals surface area contributed by atoms with Gasteiger partial charge in [-0.25, -0.2) is 4.79 Å². The number of primary amides is 1. The van der Waals surface area contributed by atoms with Crippen molar-refractivity contribution < 1.29 is 53.0 Å². The van der Waals surface area contributed by atoms with E-state index in [1.165, 1.54) is 0 Å². The standard InChI is InChI=1S/C42H69NO11/c1-11-33(44)30(8)37(46)27(5)21-29(7)39-28(6)20-24(2)16-17-32(51-36-22-34(52-41(43)48)38(47)31(9)50-36)15-13-12-14-25(3)40-26(4)18-19-42(49-10,54-40)23-35(45)53-39/h14,16-18,24,27-32,34,36-40,46-47H,11-13,15,19-23H2,1-10H3,(H2,43,48)/b17-16+,25-14+/t24-,27+,28+,29+,30+,31+,32+,34+,36-,37-,38+,39-,40+,42+/m0/s1. The van der Waals surface area contributed by atoms with Gasteiger partial charge >= 0.3 is 12.1 Å². The summed E-state index contributed by atoms with van der Waals surface area (Å²) in [4.78, 5) is 37.8. The molecule has 0 aromatic rings. The molecule has 3 aliphatic rings. The lowest BCUT2D eigenvalue weighted by Gasteiger charge is -2.40. The fraction of sp³-hybridized carbons (Fsp3) is 0.786. The summed E-state index contributed by atoms with van der Waals surface area (Å²) >= 11 is 0. The molecule has 0 unspecified atom stereocenters. The van der Waals surface area contributed by atoms with Gasteiger partial charge in [-0.05, 0) is 87.7 Å². The van der Waals surface area contributed by atoms with Crippen molar-refractivity contribution >= 4 is 17.8 Å². The summed E-state index contributed by atoms with van der Waals surface area (Å²) in [6.45, 7) is 17.5. The number of hydrogen-bond acceptors (Lipinski definition) is 11. The molecule has 308 valence electrons. The third-order valence-corrected chi connectivity index (χ3v) is 11.6. The molecule has 3 heterocycles. The number of aliphatic hydroxyl groups is 2. The Balaban J connectivity index is 1.92. The van der Waals surface area contributed by atoms with E-state index in [1.807, 2.05) is 33.8 Å². The van der Waals surface area contributed by atoms with Crippen molar-refractivity contribution in [2.75, 3.05) is 7.11 Å². The summed E-state index contributed by atoms with van der Waals surface area (Å²) in [6, 6.07) is 0. The fourth-order valence-corrected chi connectivity index (χ4v) is 8.26. The summed E-state index contributed by atoms with van der Waals surface area (Å²) in [6.07, 6.45) is 6.49. The van der Waals surface area contributed by atoms with Gasteiger partial charge in [-0.3, -0.25) is 9.59 Å². The number of ether oxygens (including phenoxy) is 6. The number of carbonyl (C=O) groups is 3. The number of Topliss-reactive ketones (excluding diaryl/α,β-unsaturated/α-hetero) is 1. The minimum absolute atomic E-state index is 0.0203. The maximum atomic E-state index is 13.9. The van der Waals surface area contributed by atoms with Gasteiger partial charge in [0, 0.05) is 32.3 Å². The minimum Gasteiger partial charge on any atom is -0.462 e. The van der Waals surface area contributed by atoms with Crippen molar-refractivity contribution in [1.29, 1.82) is 0 Å². The first-order valence-corrected chi connectivity index (χ1v) is 20.0. The van der Waals surface area contributed by atoms with Crippen LogP contribution in [0.1, 0.15) is 120 Å². The number of rotatable bonds is 11. The molecular weight excluding hydrogens is 694 g/mol. The van der Waals surface area contributed by atoms with Gasteiger partial charge in [0.05, 0.1) is 24.7 Å². The lowest BCUT2D eigenvalue weighted by atomic mass is 9.79. The van der Waals surface area contributed by atoms with Gasteiger partial charge in [-0.15, -0.1) is 0 Å². The molecule has 12 heteroatoms. The van der Waals surface area contributed by atoms with Gasteiger partial charge in [0.25, 0.3) is 0 Å². The van der Waals surface area contributed by atoms with Crippen LogP contribution in [0.4, 0.5) is 4.79 Å². The molecule has 2 bridgehead atoms. The lowest BCUT2D eigenvalue weighted by molar-refractivity contribution is -0.254. The number of methoxy groups -OCH3 is 1. The number of cyclic esters (lactones) is 1. The quantitative estimate of drug-likeness (QED) is 0.151. The van der Waals surface area contributed by atoms with Crippen LogP contribution in [0, 0.1) is 29.6 Å². The number of nitrogens with two attached hydrogens (primary N) is 1. The van der Waals surface area contributed by atoms with Crippen LogP contribution in [0.3, 0.4) is 0 Å². The summed E-state index contributed by atoms with van der Waals surface area (Å²) in [5.74, 6) is -2.39. The SMILES string of the molecule is CCC(=O)[C@@H](C)[C@@H](O)[C@H](C)C[C@@H](C)[C@H]1OC(=O)C[C@@]2(OC)CC=C(C)[C@H](O2)/C(C)=C/CCC[C@@H](O[C@H]2C[C@@H](OC(N)=O)[C@H](O)[C@@H](C)O2)/C=C/[C@H](C)C[C@H]1C. The van der Waals surface area contributed by atoms with Gasteiger partial charge in [-0.2, -0.15) is 0 Å². The van der Waals surface area contributed by atoms with E-state index in [0.717, 1.165) is 24.0 Å². The zero-order valence-electron chi connectivity index (χ0n) is 34.3. The monoisotopic (exact) mass is 763 g/mol. The van der Waals surface area contributed by atoms with Crippen LogP contribution in [-0.2, 0) is 38.0 Å². The van der Waals surface area contributed by atoms with Gasteiger partial charge in [0.15, 0.2) is 12.1 Å². The second-order valence-corrected chi connectivity index (χ2v) is 16.3. The highest BCUT2D eigenvalue weighted by atomic mass is 16.7. The largest absolute Gasteiger partial charge is 0.462 e. The molecule has 4 N–H and O–H groups in total. The molecule has 12 nitrogen and oxygen atoms in total. The third kappa shape index (κ3) is 13.0. The smallest absolute Gasteiger partial charge is 0.404 e. The molecule has 3 rings (SSSR count). The second kappa shape index (κ2) is 21.1. The van der Waals surface area contributed by atoms with Crippen LogP contribution in [0.5, 0.6) is 0 Å². The fourth-order valence-electron chi connectivity index (χ4n) is 8.26. The van der Waals surface area contributed by atoms with E-state index in [0.29, 0.717) is 32.1 Å². The number of carbonyl (C=O) groups excluding carboxylic acids is 3. The molecular formula is C42H69NO11. The third-order valence-electron chi connectivity index (χ3n) is 11.6. The molecule has 1 amide bonds. The zero-order valence-corrected chi connectivity index (χ0v) is 34.3. The first-order chi connectivity index (χ1) is 25.4. The average molecular weight is 764 g/mol. The van der Waals surface area contributed by atoms with Crippen molar-refractivity contribution in [3.8, 4) is 0 Å². The summed E-state index contributed by atoms with van der Waals surface area (Å²) in [5, 5.41) is 21.6. The highest BCUT2D eigenvalue weighted by Gasteiger charge is 2.42. The number of ketones is 1. The Morgan fingerprint density at radius 3 is 2.41 bits per heavy atom. The molecule has 1 fully saturated rings. The predicted octanol–water partition coefficient (Wildman–Crippen LogP) is 6.70. The number of hydrogen-bond donors (Lipinski definition) is 3. The summed E-state index contributed by atoms with van der Waals surface area (Å²) in [5.41, 5.74) is 7.32. The Labute approximate surface area is 323 Å². The Bertz CT molecular complexity index is 1330. The molecule has 14 atom stereocenters. The zero-order chi connectivity index (χ0) is 40.3. The van der Waals surface area contributed by atoms with Crippen LogP contribution in [0.25, 0.3) is 0 Å². The first-order valence-electron chi connectivity index (χ1n) is 20.0. The van der Waals surface area contributed by atoms with E-state index in [4.69, 9.17) is 34.2 Å². The molecule has 0 spiro atoms. The minimum atomic E-state index is -1.19. The van der Waals surface area contributed by atoms with Gasteiger partial charge in [0.1, 0.15) is 30.2 Å². The summed E-state index contributed by atoms with van der Waals surface area (Å²) in [7, 11) is 1.56. The molecule has 0 aromatic heterocycles. The van der Waals surface area contributed by atoms with Gasteiger partial charge in [0.2, 0.25) is 0 Å². The highest BCUT2D eigenvalue weighted by Crippen LogP contribution is 2.37. The second-order valence-electron chi connectivity index (χ2n) is 16.3. The maximum absolute atomic E-state index is 13.9. The summed E-state index contributed by atoms with van der Waals surface area (Å²) < 4.78 is 36.5. The van der Waals surface area contributed by atoms with Crippen molar-refractivity contribution in [2.24, 2.45) is 35.3 Å². The normalized spacial score (nSPS) is 37.1. The van der Waals surface area contributed by atoms with E-state index in [9.17, 15) is 24.6 Å². The highest BCUT2D eigenvalue weighted by molar-refractivity contribution is 5.80. The van der Waals surface area contributed by atoms with E-state index in [-0.39, 0.29) is 54.5 Å². The van der Waals surface area contributed by atoms with Crippen molar-refractivity contribution in [3.05, 3.63) is 35.5 Å². The van der Waals surface area contributed by atoms with Crippen LogP contribution in [0.2, 0.25) is 0 Å². The number of fused-ring (bicyclic) bond motifs is 2. The van der Waals surface area contributed by atoms with E-state index >= 15 is 0 Å². The molecule has 0 aromatic carbocycles. The average Bonchev–Trinajstić information content (AvgIpc) is 3.12. The van der Waals surface area contributed by atoms with E-state index in [1.54, 1.807) is 27.9 Å². The molecule has 0 aliphatic carbocycles. The van der Waals surface area contributed by atoms with E-state index in [2.05, 4.69) is 32.1 Å². The number of amides is 1. The molecule has 54 heavy (non-hydrogen) atoms.